The molecule has 1 fully saturated rings. The van der Waals surface area contributed by atoms with E-state index in [9.17, 15) is 4.39 Å². The number of piperazine rings is 1. The monoisotopic (exact) mass is 286 g/mol. The van der Waals surface area contributed by atoms with Crippen molar-refractivity contribution in [2.75, 3.05) is 36.8 Å². The summed E-state index contributed by atoms with van der Waals surface area (Å²) in [4.78, 5) is 8.85. The van der Waals surface area contributed by atoms with Gasteiger partial charge in [-0.05, 0) is 18.2 Å². The molecular weight excluding hydrogens is 267 g/mol. The minimum atomic E-state index is -0.125. The Morgan fingerprint density at radius 1 is 1.05 bits per heavy atom. The van der Waals surface area contributed by atoms with Crippen molar-refractivity contribution in [2.24, 2.45) is 0 Å². The van der Waals surface area contributed by atoms with Gasteiger partial charge in [0.25, 0.3) is 0 Å². The number of halogens is 1. The summed E-state index contributed by atoms with van der Waals surface area (Å²) in [6.07, 6.45) is 1.68. The molecule has 4 nitrogen and oxygen atoms in total. The van der Waals surface area contributed by atoms with Crippen molar-refractivity contribution in [3.8, 4) is 0 Å². The highest BCUT2D eigenvalue weighted by Crippen LogP contribution is 2.16. The van der Waals surface area contributed by atoms with Crippen LogP contribution in [0.1, 0.15) is 5.56 Å². The minimum absolute atomic E-state index is 0.125. The van der Waals surface area contributed by atoms with Gasteiger partial charge in [-0.1, -0.05) is 18.2 Å². The summed E-state index contributed by atoms with van der Waals surface area (Å²) in [6.45, 7) is 4.26. The fourth-order valence-corrected chi connectivity index (χ4v) is 2.59. The highest BCUT2D eigenvalue weighted by atomic mass is 19.1. The maximum Gasteiger partial charge on any atom is 0.128 e. The molecule has 2 N–H and O–H groups in total. The molecule has 1 saturated heterocycles. The first-order chi connectivity index (χ1) is 10.2. The molecular formula is C16H19FN4. The van der Waals surface area contributed by atoms with Gasteiger partial charge >= 0.3 is 0 Å². The zero-order valence-corrected chi connectivity index (χ0v) is 11.9. The van der Waals surface area contributed by atoms with Crippen molar-refractivity contribution >= 4 is 11.5 Å². The van der Waals surface area contributed by atoms with Gasteiger partial charge in [-0.2, -0.15) is 0 Å². The Labute approximate surface area is 124 Å². The van der Waals surface area contributed by atoms with Crippen LogP contribution in [0.15, 0.2) is 42.6 Å². The zero-order chi connectivity index (χ0) is 14.7. The molecule has 1 aromatic carbocycles. The van der Waals surface area contributed by atoms with E-state index in [0.29, 0.717) is 12.2 Å². The molecule has 5 heteroatoms. The summed E-state index contributed by atoms with van der Waals surface area (Å²) in [5, 5.41) is 0. The Balaban J connectivity index is 1.58. The summed E-state index contributed by atoms with van der Waals surface area (Å²) in [5.41, 5.74) is 7.09. The number of pyridine rings is 1. The van der Waals surface area contributed by atoms with E-state index in [1.165, 1.54) is 6.07 Å². The van der Waals surface area contributed by atoms with E-state index >= 15 is 0 Å². The molecule has 0 amide bonds. The minimum Gasteiger partial charge on any atom is -0.397 e. The van der Waals surface area contributed by atoms with Gasteiger partial charge in [-0.3, -0.25) is 4.90 Å². The van der Waals surface area contributed by atoms with Crippen molar-refractivity contribution in [3.63, 3.8) is 0 Å². The number of nitrogens with two attached hydrogens (primary N) is 1. The lowest BCUT2D eigenvalue weighted by atomic mass is 10.2. The highest BCUT2D eigenvalue weighted by Gasteiger charge is 2.18. The fourth-order valence-electron chi connectivity index (χ4n) is 2.59. The van der Waals surface area contributed by atoms with Gasteiger partial charge in [0.05, 0.1) is 11.9 Å². The quantitative estimate of drug-likeness (QED) is 0.939. The first kappa shape index (κ1) is 13.8. The molecule has 0 radical (unpaired) electrons. The molecule has 0 atom stereocenters. The van der Waals surface area contributed by atoms with E-state index in [1.54, 1.807) is 12.3 Å². The highest BCUT2D eigenvalue weighted by molar-refractivity contribution is 5.46. The molecule has 21 heavy (non-hydrogen) atoms. The molecule has 0 saturated carbocycles. The second kappa shape index (κ2) is 6.10. The largest absolute Gasteiger partial charge is 0.397 e. The van der Waals surface area contributed by atoms with E-state index in [0.717, 1.165) is 37.6 Å². The van der Waals surface area contributed by atoms with Gasteiger partial charge in [0, 0.05) is 38.3 Å². The molecule has 2 heterocycles. The van der Waals surface area contributed by atoms with Crippen LogP contribution in [0.5, 0.6) is 0 Å². The summed E-state index contributed by atoms with van der Waals surface area (Å²) in [5.74, 6) is 0.829. The third-order valence-corrected chi connectivity index (χ3v) is 3.82. The van der Waals surface area contributed by atoms with Crippen LogP contribution >= 0.6 is 0 Å². The summed E-state index contributed by atoms with van der Waals surface area (Å²) >= 11 is 0. The first-order valence-corrected chi connectivity index (χ1v) is 7.14. The molecule has 2 aromatic rings. The third-order valence-electron chi connectivity index (χ3n) is 3.82. The fraction of sp³-hybridized carbons (Fsp3) is 0.312. The first-order valence-electron chi connectivity index (χ1n) is 7.14. The van der Waals surface area contributed by atoms with Crippen LogP contribution in [-0.4, -0.2) is 36.1 Å². The second-order valence-electron chi connectivity index (χ2n) is 5.30. The van der Waals surface area contributed by atoms with Crippen molar-refractivity contribution in [1.82, 2.24) is 9.88 Å². The molecule has 1 aromatic heterocycles. The average molecular weight is 286 g/mol. The SMILES string of the molecule is Nc1ccc(N2CCN(Cc3ccccc3F)CC2)nc1. The molecule has 110 valence electrons. The number of hydrogen-bond acceptors (Lipinski definition) is 4. The number of aromatic nitrogens is 1. The van der Waals surface area contributed by atoms with E-state index in [1.807, 2.05) is 24.3 Å². The van der Waals surface area contributed by atoms with Gasteiger partial charge in [0.15, 0.2) is 0 Å². The van der Waals surface area contributed by atoms with Crippen molar-refractivity contribution in [3.05, 3.63) is 54.0 Å². The molecule has 0 bridgehead atoms. The number of rotatable bonds is 3. The molecule has 1 aliphatic rings. The van der Waals surface area contributed by atoms with Crippen molar-refractivity contribution in [2.45, 2.75) is 6.54 Å². The summed E-state index contributed by atoms with van der Waals surface area (Å²) < 4.78 is 13.7. The third kappa shape index (κ3) is 3.31. The number of nitrogens with zero attached hydrogens (tertiary/aromatic N) is 3. The van der Waals surface area contributed by atoms with Crippen LogP contribution in [0.4, 0.5) is 15.9 Å². The number of anilines is 2. The van der Waals surface area contributed by atoms with Gasteiger partial charge in [0.2, 0.25) is 0 Å². The van der Waals surface area contributed by atoms with Crippen molar-refractivity contribution < 1.29 is 4.39 Å². The van der Waals surface area contributed by atoms with E-state index in [-0.39, 0.29) is 5.82 Å². The molecule has 0 unspecified atom stereocenters. The van der Waals surface area contributed by atoms with E-state index < -0.39 is 0 Å². The Hall–Kier alpha value is -2.14. The molecule has 1 aliphatic heterocycles. The molecule has 0 aliphatic carbocycles. The number of hydrogen-bond donors (Lipinski definition) is 1. The molecule has 0 spiro atoms. The normalized spacial score (nSPS) is 16.1. The van der Waals surface area contributed by atoms with Crippen LogP contribution in [0, 0.1) is 5.82 Å². The van der Waals surface area contributed by atoms with Gasteiger partial charge in [-0.15, -0.1) is 0 Å². The Morgan fingerprint density at radius 3 is 2.48 bits per heavy atom. The standard InChI is InChI=1S/C16H19FN4/c17-15-4-2-1-3-13(15)12-20-7-9-21(10-8-20)16-6-5-14(18)11-19-16/h1-6,11H,7-10,12,18H2. The van der Waals surface area contributed by atoms with Crippen LogP contribution in [0.25, 0.3) is 0 Å². The second-order valence-corrected chi connectivity index (χ2v) is 5.30. The van der Waals surface area contributed by atoms with Gasteiger partial charge < -0.3 is 10.6 Å². The Bertz CT molecular complexity index is 591. The maximum atomic E-state index is 13.7. The molecule has 3 rings (SSSR count). The topological polar surface area (TPSA) is 45.4 Å². The van der Waals surface area contributed by atoms with E-state index in [2.05, 4.69) is 14.8 Å². The van der Waals surface area contributed by atoms with Crippen LogP contribution < -0.4 is 10.6 Å². The van der Waals surface area contributed by atoms with Gasteiger partial charge in [0.1, 0.15) is 11.6 Å². The number of nitrogen functional groups attached to an aromatic ring is 1. The van der Waals surface area contributed by atoms with Crippen LogP contribution in [0.2, 0.25) is 0 Å². The summed E-state index contributed by atoms with van der Waals surface area (Å²) in [7, 11) is 0. The van der Waals surface area contributed by atoms with Gasteiger partial charge in [-0.25, -0.2) is 9.37 Å². The van der Waals surface area contributed by atoms with Crippen LogP contribution in [-0.2, 0) is 6.54 Å². The Morgan fingerprint density at radius 2 is 1.81 bits per heavy atom. The maximum absolute atomic E-state index is 13.7. The van der Waals surface area contributed by atoms with Crippen LogP contribution in [0.3, 0.4) is 0 Å². The lowest BCUT2D eigenvalue weighted by Crippen LogP contribution is -2.46. The predicted octanol–water partition coefficient (Wildman–Crippen LogP) is 2.13. The van der Waals surface area contributed by atoms with E-state index in [4.69, 9.17) is 5.73 Å². The smallest absolute Gasteiger partial charge is 0.128 e. The zero-order valence-electron chi connectivity index (χ0n) is 11.9. The Kier molecular flexibility index (Phi) is 4.01. The number of benzene rings is 1. The summed E-state index contributed by atoms with van der Waals surface area (Å²) in [6, 6.07) is 10.8. The average Bonchev–Trinajstić information content (AvgIpc) is 2.51. The van der Waals surface area contributed by atoms with Crippen molar-refractivity contribution in [1.29, 1.82) is 0 Å². The lowest BCUT2D eigenvalue weighted by Gasteiger charge is -2.35. The predicted molar refractivity (Wildman–Crippen MR) is 82.5 cm³/mol. The lowest BCUT2D eigenvalue weighted by molar-refractivity contribution is 0.246.